The minimum atomic E-state index is -0.0380. The summed E-state index contributed by atoms with van der Waals surface area (Å²) in [5, 5.41) is 0. The molecule has 0 aliphatic heterocycles. The molecule has 1 aromatic heterocycles. The van der Waals surface area contributed by atoms with Crippen LogP contribution in [0.1, 0.15) is 17.2 Å². The Hall–Kier alpha value is -1.91. The number of nitrogens with one attached hydrogen (secondary N) is 1. The van der Waals surface area contributed by atoms with Crippen LogP contribution in [0.5, 0.6) is 5.75 Å². The highest BCUT2D eigenvalue weighted by molar-refractivity contribution is 5.34. The number of pyridine rings is 1. The minimum absolute atomic E-state index is 0.0380. The van der Waals surface area contributed by atoms with Crippen LogP contribution in [0.25, 0.3) is 0 Å². The highest BCUT2D eigenvalue weighted by Gasteiger charge is 2.11. The molecule has 4 nitrogen and oxygen atoms in total. The van der Waals surface area contributed by atoms with Crippen molar-refractivity contribution in [1.82, 2.24) is 10.4 Å². The monoisotopic (exact) mass is 229 g/mol. The van der Waals surface area contributed by atoms with E-state index in [-0.39, 0.29) is 6.04 Å². The van der Waals surface area contributed by atoms with E-state index in [1.165, 1.54) is 0 Å². The van der Waals surface area contributed by atoms with Crippen molar-refractivity contribution in [2.45, 2.75) is 6.04 Å². The Kier molecular flexibility index (Phi) is 3.69. The molecule has 88 valence electrons. The van der Waals surface area contributed by atoms with Gasteiger partial charge in [-0.15, -0.1) is 0 Å². The quantitative estimate of drug-likeness (QED) is 0.618. The Morgan fingerprint density at radius 1 is 1.06 bits per heavy atom. The summed E-state index contributed by atoms with van der Waals surface area (Å²) in [4.78, 5) is 3.99. The van der Waals surface area contributed by atoms with Gasteiger partial charge in [0.1, 0.15) is 5.75 Å². The molecular formula is C13H15N3O. The molecule has 0 fully saturated rings. The molecule has 2 aromatic rings. The van der Waals surface area contributed by atoms with Gasteiger partial charge < -0.3 is 4.74 Å². The van der Waals surface area contributed by atoms with Gasteiger partial charge in [0.05, 0.1) is 13.2 Å². The van der Waals surface area contributed by atoms with Crippen LogP contribution in [-0.4, -0.2) is 12.1 Å². The number of nitrogens with zero attached hydrogens (tertiary/aromatic N) is 1. The summed E-state index contributed by atoms with van der Waals surface area (Å²) in [6.45, 7) is 0. The third-order valence-electron chi connectivity index (χ3n) is 2.66. The highest BCUT2D eigenvalue weighted by Crippen LogP contribution is 2.22. The van der Waals surface area contributed by atoms with Crippen molar-refractivity contribution in [2.75, 3.05) is 7.11 Å². The van der Waals surface area contributed by atoms with E-state index in [0.717, 1.165) is 16.9 Å². The summed E-state index contributed by atoms with van der Waals surface area (Å²) in [7, 11) is 1.65. The second kappa shape index (κ2) is 5.43. The van der Waals surface area contributed by atoms with Crippen molar-refractivity contribution in [2.24, 2.45) is 5.84 Å². The minimum Gasteiger partial charge on any atom is -0.497 e. The van der Waals surface area contributed by atoms with Crippen molar-refractivity contribution in [3.8, 4) is 5.75 Å². The van der Waals surface area contributed by atoms with Crippen molar-refractivity contribution < 1.29 is 4.74 Å². The van der Waals surface area contributed by atoms with E-state index in [2.05, 4.69) is 10.4 Å². The molecule has 0 bridgehead atoms. The van der Waals surface area contributed by atoms with Gasteiger partial charge in [0.25, 0.3) is 0 Å². The van der Waals surface area contributed by atoms with Crippen LogP contribution in [0, 0.1) is 0 Å². The third kappa shape index (κ3) is 2.61. The second-order valence-corrected chi connectivity index (χ2v) is 3.65. The van der Waals surface area contributed by atoms with E-state index >= 15 is 0 Å². The van der Waals surface area contributed by atoms with E-state index in [0.29, 0.717) is 0 Å². The summed E-state index contributed by atoms with van der Waals surface area (Å²) >= 11 is 0. The summed E-state index contributed by atoms with van der Waals surface area (Å²) in [5.41, 5.74) is 4.96. The first kappa shape index (κ1) is 11.6. The number of hydrogen-bond donors (Lipinski definition) is 2. The number of aromatic nitrogens is 1. The van der Waals surface area contributed by atoms with Gasteiger partial charge in [-0.2, -0.15) is 0 Å². The topological polar surface area (TPSA) is 60.2 Å². The number of ether oxygens (including phenoxy) is 1. The normalized spacial score (nSPS) is 12.1. The van der Waals surface area contributed by atoms with Gasteiger partial charge in [0, 0.05) is 12.4 Å². The first-order chi connectivity index (χ1) is 8.35. The zero-order chi connectivity index (χ0) is 12.1. The predicted octanol–water partition coefficient (Wildman–Crippen LogP) is 1.64. The maximum atomic E-state index is 5.61. The molecule has 1 aromatic carbocycles. The Bertz CT molecular complexity index is 456. The van der Waals surface area contributed by atoms with Gasteiger partial charge in [0.2, 0.25) is 0 Å². The number of hydrogen-bond acceptors (Lipinski definition) is 4. The SMILES string of the molecule is COc1ccc(C(NN)c2ccncc2)cc1. The fourth-order valence-electron chi connectivity index (χ4n) is 1.74. The van der Waals surface area contributed by atoms with Crippen molar-refractivity contribution in [3.63, 3.8) is 0 Å². The molecule has 0 aliphatic carbocycles. The molecule has 0 spiro atoms. The Balaban J connectivity index is 2.29. The number of methoxy groups -OCH3 is 1. The van der Waals surface area contributed by atoms with Gasteiger partial charge in [-0.1, -0.05) is 12.1 Å². The maximum Gasteiger partial charge on any atom is 0.118 e. The van der Waals surface area contributed by atoms with E-state index in [4.69, 9.17) is 10.6 Å². The van der Waals surface area contributed by atoms with Gasteiger partial charge in [-0.25, -0.2) is 5.43 Å². The number of benzene rings is 1. The first-order valence-corrected chi connectivity index (χ1v) is 5.35. The van der Waals surface area contributed by atoms with E-state index < -0.39 is 0 Å². The fraction of sp³-hybridized carbons (Fsp3) is 0.154. The van der Waals surface area contributed by atoms with E-state index in [1.54, 1.807) is 19.5 Å². The molecule has 17 heavy (non-hydrogen) atoms. The largest absolute Gasteiger partial charge is 0.497 e. The molecule has 1 heterocycles. The standard InChI is InChI=1S/C13H15N3O/c1-17-12-4-2-10(3-5-12)13(16-14)11-6-8-15-9-7-11/h2-9,13,16H,14H2,1H3. The zero-order valence-corrected chi connectivity index (χ0v) is 9.63. The molecule has 0 radical (unpaired) electrons. The smallest absolute Gasteiger partial charge is 0.118 e. The molecule has 0 saturated heterocycles. The van der Waals surface area contributed by atoms with Gasteiger partial charge in [-0.3, -0.25) is 10.8 Å². The molecule has 4 heteroatoms. The van der Waals surface area contributed by atoms with Crippen LogP contribution in [0.2, 0.25) is 0 Å². The molecule has 0 saturated carbocycles. The summed E-state index contributed by atoms with van der Waals surface area (Å²) in [5.74, 6) is 6.44. The Labute approximate surface area is 100 Å². The number of hydrazine groups is 1. The first-order valence-electron chi connectivity index (χ1n) is 5.35. The molecule has 1 unspecified atom stereocenters. The van der Waals surface area contributed by atoms with Crippen LogP contribution < -0.4 is 16.0 Å². The summed E-state index contributed by atoms with van der Waals surface area (Å²) < 4.78 is 5.13. The zero-order valence-electron chi connectivity index (χ0n) is 9.63. The molecule has 0 amide bonds. The number of nitrogens with two attached hydrogens (primary N) is 1. The fourth-order valence-corrected chi connectivity index (χ4v) is 1.74. The van der Waals surface area contributed by atoms with E-state index in [9.17, 15) is 0 Å². The van der Waals surface area contributed by atoms with Gasteiger partial charge in [-0.05, 0) is 35.4 Å². The van der Waals surface area contributed by atoms with Crippen molar-refractivity contribution in [1.29, 1.82) is 0 Å². The van der Waals surface area contributed by atoms with Crippen LogP contribution in [-0.2, 0) is 0 Å². The lowest BCUT2D eigenvalue weighted by Gasteiger charge is -2.16. The summed E-state index contributed by atoms with van der Waals surface area (Å²) in [6, 6.07) is 11.7. The van der Waals surface area contributed by atoms with Crippen LogP contribution in [0.15, 0.2) is 48.8 Å². The van der Waals surface area contributed by atoms with Crippen LogP contribution >= 0.6 is 0 Å². The Morgan fingerprint density at radius 2 is 1.65 bits per heavy atom. The lowest BCUT2D eigenvalue weighted by Crippen LogP contribution is -2.28. The number of rotatable bonds is 4. The lowest BCUT2D eigenvalue weighted by molar-refractivity contribution is 0.414. The molecule has 2 rings (SSSR count). The van der Waals surface area contributed by atoms with Crippen LogP contribution in [0.3, 0.4) is 0 Å². The molecular weight excluding hydrogens is 214 g/mol. The van der Waals surface area contributed by atoms with Crippen molar-refractivity contribution in [3.05, 3.63) is 59.9 Å². The third-order valence-corrected chi connectivity index (χ3v) is 2.66. The van der Waals surface area contributed by atoms with Crippen molar-refractivity contribution >= 4 is 0 Å². The van der Waals surface area contributed by atoms with Crippen LogP contribution in [0.4, 0.5) is 0 Å². The Morgan fingerprint density at radius 3 is 2.18 bits per heavy atom. The van der Waals surface area contributed by atoms with Gasteiger partial charge >= 0.3 is 0 Å². The summed E-state index contributed by atoms with van der Waals surface area (Å²) in [6.07, 6.45) is 3.51. The lowest BCUT2D eigenvalue weighted by atomic mass is 10.0. The van der Waals surface area contributed by atoms with Gasteiger partial charge in [0.15, 0.2) is 0 Å². The average molecular weight is 229 g/mol. The van der Waals surface area contributed by atoms with E-state index in [1.807, 2.05) is 36.4 Å². The average Bonchev–Trinajstić information content (AvgIpc) is 2.42. The molecule has 1 atom stereocenters. The molecule has 3 N–H and O–H groups in total. The molecule has 0 aliphatic rings. The highest BCUT2D eigenvalue weighted by atomic mass is 16.5. The predicted molar refractivity (Wildman–Crippen MR) is 66.4 cm³/mol. The second-order valence-electron chi connectivity index (χ2n) is 3.65. The maximum absolute atomic E-state index is 5.61.